The van der Waals surface area contributed by atoms with Crippen LogP contribution in [0.25, 0.3) is 11.0 Å². The van der Waals surface area contributed by atoms with E-state index in [1.165, 1.54) is 23.3 Å². The number of thiazole rings is 1. The van der Waals surface area contributed by atoms with Crippen LogP contribution >= 0.6 is 34.5 Å². The first-order valence-electron chi connectivity index (χ1n) is 8.82. The summed E-state index contributed by atoms with van der Waals surface area (Å²) in [6.07, 6.45) is 1.60. The molecule has 3 heterocycles. The molecule has 1 aliphatic rings. The van der Waals surface area contributed by atoms with Crippen molar-refractivity contribution in [2.24, 2.45) is 0 Å². The number of benzene rings is 2. The van der Waals surface area contributed by atoms with Crippen molar-refractivity contribution in [2.75, 3.05) is 12.0 Å². The molecule has 0 aliphatic carbocycles. The Hall–Kier alpha value is -2.87. The quantitative estimate of drug-likeness (QED) is 0.415. The molecule has 0 N–H and O–H groups in total. The second-order valence-electron chi connectivity index (χ2n) is 6.60. The van der Waals surface area contributed by atoms with Crippen molar-refractivity contribution in [1.29, 1.82) is 0 Å². The van der Waals surface area contributed by atoms with Gasteiger partial charge in [-0.3, -0.25) is 14.5 Å². The molecule has 0 fully saturated rings. The number of ether oxygens (including phenoxy) is 1. The third-order valence-corrected chi connectivity index (χ3v) is 6.47. The first-order valence-corrected chi connectivity index (χ1v) is 10.5. The molecule has 2 aromatic heterocycles. The van der Waals surface area contributed by atoms with Crippen molar-refractivity contribution in [3.05, 3.63) is 85.1 Å². The number of halogens is 2. The molecule has 0 bridgehead atoms. The second-order valence-corrected chi connectivity index (χ2v) is 8.29. The van der Waals surface area contributed by atoms with Crippen molar-refractivity contribution in [1.82, 2.24) is 4.98 Å². The lowest BCUT2D eigenvalue weighted by Gasteiger charge is -2.22. The number of rotatable bonds is 3. The number of methoxy groups -OCH3 is 1. The molecule has 9 heteroatoms. The van der Waals surface area contributed by atoms with Gasteiger partial charge in [-0.2, -0.15) is 0 Å². The van der Waals surface area contributed by atoms with Gasteiger partial charge < -0.3 is 9.15 Å². The summed E-state index contributed by atoms with van der Waals surface area (Å²) >= 11 is 13.6. The average molecular weight is 459 g/mol. The Morgan fingerprint density at radius 2 is 1.97 bits per heavy atom. The normalized spacial score (nSPS) is 15.6. The molecule has 0 saturated heterocycles. The standard InChI is InChI=1S/C21H12Cl2N2O4S/c1-28-11-3-4-12-15(9-11)29-19-16(18(12)26)17(10-2-5-13(22)14(23)8-10)25(20(19)27)21-24-6-7-30-21/h2-9,17H,1H3/t17-/m1/s1. The van der Waals surface area contributed by atoms with Gasteiger partial charge in [-0.05, 0) is 29.8 Å². The lowest BCUT2D eigenvalue weighted by atomic mass is 9.98. The highest BCUT2D eigenvalue weighted by molar-refractivity contribution is 7.13. The predicted octanol–water partition coefficient (Wildman–Crippen LogP) is 5.31. The fourth-order valence-corrected chi connectivity index (χ4v) is 4.58. The van der Waals surface area contributed by atoms with Gasteiger partial charge >= 0.3 is 0 Å². The molecule has 0 saturated carbocycles. The van der Waals surface area contributed by atoms with Crippen LogP contribution in [0.2, 0.25) is 10.0 Å². The Balaban J connectivity index is 1.82. The van der Waals surface area contributed by atoms with Crippen molar-refractivity contribution < 1.29 is 13.9 Å². The first kappa shape index (κ1) is 19.1. The molecule has 0 unspecified atom stereocenters. The highest BCUT2D eigenvalue weighted by Gasteiger charge is 2.44. The van der Waals surface area contributed by atoms with Crippen LogP contribution in [0.15, 0.2) is 57.2 Å². The summed E-state index contributed by atoms with van der Waals surface area (Å²) in [5.74, 6) is 0.0544. The van der Waals surface area contributed by atoms with Crippen LogP contribution in [0.3, 0.4) is 0 Å². The molecular weight excluding hydrogens is 447 g/mol. The minimum atomic E-state index is -0.740. The fourth-order valence-electron chi connectivity index (χ4n) is 3.61. The van der Waals surface area contributed by atoms with Gasteiger partial charge in [0.1, 0.15) is 11.3 Å². The Morgan fingerprint density at radius 1 is 1.13 bits per heavy atom. The molecule has 0 spiro atoms. The predicted molar refractivity (Wildman–Crippen MR) is 116 cm³/mol. The molecule has 1 aliphatic heterocycles. The largest absolute Gasteiger partial charge is 0.497 e. The lowest BCUT2D eigenvalue weighted by molar-refractivity contribution is 0.0971. The molecular formula is C21H12Cl2N2O4S. The minimum absolute atomic E-state index is 0.0213. The maximum atomic E-state index is 13.5. The van der Waals surface area contributed by atoms with E-state index in [1.54, 1.807) is 48.0 Å². The first-order chi connectivity index (χ1) is 14.5. The molecule has 5 rings (SSSR count). The van der Waals surface area contributed by atoms with Gasteiger partial charge in [-0.15, -0.1) is 11.3 Å². The van der Waals surface area contributed by atoms with Gasteiger partial charge in [0, 0.05) is 17.6 Å². The average Bonchev–Trinajstić information content (AvgIpc) is 3.36. The second kappa shape index (κ2) is 7.12. The number of carbonyl (C=O) groups excluding carboxylic acids is 1. The Kier molecular flexibility index (Phi) is 4.54. The lowest BCUT2D eigenvalue weighted by Crippen LogP contribution is -2.29. The van der Waals surface area contributed by atoms with E-state index in [0.717, 1.165) is 0 Å². The van der Waals surface area contributed by atoms with E-state index in [-0.39, 0.29) is 22.3 Å². The Bertz CT molecular complexity index is 1370. The maximum Gasteiger partial charge on any atom is 0.297 e. The van der Waals surface area contributed by atoms with Gasteiger partial charge in [-0.1, -0.05) is 29.3 Å². The van der Waals surface area contributed by atoms with Crippen LogP contribution in [0.5, 0.6) is 5.75 Å². The van der Waals surface area contributed by atoms with Crippen molar-refractivity contribution in [3.63, 3.8) is 0 Å². The van der Waals surface area contributed by atoms with Crippen LogP contribution < -0.4 is 15.1 Å². The smallest absolute Gasteiger partial charge is 0.297 e. The monoisotopic (exact) mass is 458 g/mol. The molecule has 1 amide bonds. The number of amides is 1. The SMILES string of the molecule is COc1ccc2c(=O)c3c(oc2c1)C(=O)N(c1nccs1)[C@@H]3c1ccc(Cl)c(Cl)c1. The van der Waals surface area contributed by atoms with E-state index >= 15 is 0 Å². The molecule has 0 radical (unpaired) electrons. The summed E-state index contributed by atoms with van der Waals surface area (Å²) in [6, 6.07) is 9.17. The van der Waals surface area contributed by atoms with E-state index in [2.05, 4.69) is 4.98 Å². The summed E-state index contributed by atoms with van der Waals surface area (Å²) in [6.45, 7) is 0. The fraction of sp³-hybridized carbons (Fsp3) is 0.0952. The van der Waals surface area contributed by atoms with Crippen LogP contribution in [-0.2, 0) is 0 Å². The molecule has 4 aromatic rings. The van der Waals surface area contributed by atoms with Gasteiger partial charge in [0.25, 0.3) is 5.91 Å². The number of anilines is 1. The maximum absolute atomic E-state index is 13.5. The minimum Gasteiger partial charge on any atom is -0.497 e. The molecule has 1 atom stereocenters. The van der Waals surface area contributed by atoms with Gasteiger partial charge in [-0.25, -0.2) is 4.98 Å². The van der Waals surface area contributed by atoms with E-state index < -0.39 is 11.9 Å². The van der Waals surface area contributed by atoms with Gasteiger partial charge in [0.2, 0.25) is 5.76 Å². The third kappa shape index (κ3) is 2.81. The number of carbonyl (C=O) groups is 1. The number of hydrogen-bond acceptors (Lipinski definition) is 6. The third-order valence-electron chi connectivity index (χ3n) is 4.96. The van der Waals surface area contributed by atoms with Gasteiger partial charge in [0.15, 0.2) is 10.6 Å². The van der Waals surface area contributed by atoms with E-state index in [1.807, 2.05) is 0 Å². The van der Waals surface area contributed by atoms with Gasteiger partial charge in [0.05, 0.1) is 34.1 Å². The van der Waals surface area contributed by atoms with Crippen molar-refractivity contribution in [2.45, 2.75) is 6.04 Å². The number of hydrogen-bond donors (Lipinski definition) is 0. The number of nitrogens with zero attached hydrogens (tertiary/aromatic N) is 2. The summed E-state index contributed by atoms with van der Waals surface area (Å²) in [5, 5.41) is 3.26. The van der Waals surface area contributed by atoms with Crippen LogP contribution in [0.1, 0.15) is 27.7 Å². The highest BCUT2D eigenvalue weighted by Crippen LogP contribution is 2.43. The zero-order chi connectivity index (χ0) is 21.0. The topological polar surface area (TPSA) is 72.6 Å². The molecule has 2 aromatic carbocycles. The van der Waals surface area contributed by atoms with Crippen LogP contribution in [-0.4, -0.2) is 18.0 Å². The Labute approximate surface area is 184 Å². The molecule has 6 nitrogen and oxygen atoms in total. The number of aromatic nitrogens is 1. The van der Waals surface area contributed by atoms with E-state index in [9.17, 15) is 9.59 Å². The van der Waals surface area contributed by atoms with Crippen molar-refractivity contribution >= 4 is 56.5 Å². The molecule has 30 heavy (non-hydrogen) atoms. The summed E-state index contributed by atoms with van der Waals surface area (Å²) in [5.41, 5.74) is 0.857. The highest BCUT2D eigenvalue weighted by atomic mass is 35.5. The van der Waals surface area contributed by atoms with Crippen LogP contribution in [0.4, 0.5) is 5.13 Å². The zero-order valence-electron chi connectivity index (χ0n) is 15.4. The van der Waals surface area contributed by atoms with Crippen LogP contribution in [0, 0.1) is 0 Å². The Morgan fingerprint density at radius 3 is 2.67 bits per heavy atom. The summed E-state index contributed by atoms with van der Waals surface area (Å²) in [4.78, 5) is 32.5. The zero-order valence-corrected chi connectivity index (χ0v) is 17.7. The number of fused-ring (bicyclic) bond motifs is 2. The summed E-state index contributed by atoms with van der Waals surface area (Å²) < 4.78 is 11.1. The molecule has 150 valence electrons. The summed E-state index contributed by atoms with van der Waals surface area (Å²) in [7, 11) is 1.52. The van der Waals surface area contributed by atoms with E-state index in [0.29, 0.717) is 31.9 Å². The van der Waals surface area contributed by atoms with Crippen molar-refractivity contribution in [3.8, 4) is 5.75 Å². The van der Waals surface area contributed by atoms with E-state index in [4.69, 9.17) is 32.4 Å².